The van der Waals surface area contributed by atoms with Gasteiger partial charge in [-0.1, -0.05) is 35.9 Å². The minimum atomic E-state index is 0.110. The van der Waals surface area contributed by atoms with Crippen LogP contribution >= 0.6 is 11.6 Å². The smallest absolute Gasteiger partial charge is 0.220 e. The standard InChI is InChI=1S/C32H36ClN7O3/c1-40-18-20(15-35-17-22-8-13-29(42)37-22)23-9-11-26(38-31(23)40)24-4-3-5-25(30(24)33)27-10-6-19(32(39-27)43-2)14-34-16-21-7-12-28(41)36-21/h3-6,9-11,18,21-22,34-35H,7-8,12-17H2,1-2H3,(H,36,41)(H,37,42)/t21-,22-/m0/s1. The highest BCUT2D eigenvalue weighted by atomic mass is 35.5. The Balaban J connectivity index is 1.18. The normalized spacial score (nSPS) is 18.3. The number of rotatable bonds is 11. The van der Waals surface area contributed by atoms with Gasteiger partial charge < -0.3 is 30.6 Å². The number of nitrogens with one attached hydrogen (secondary N) is 4. The zero-order valence-corrected chi connectivity index (χ0v) is 25.1. The third-order valence-electron chi connectivity index (χ3n) is 8.17. The van der Waals surface area contributed by atoms with Gasteiger partial charge in [-0.25, -0.2) is 9.97 Å². The van der Waals surface area contributed by atoms with Crippen LogP contribution in [0.25, 0.3) is 33.5 Å². The van der Waals surface area contributed by atoms with Crippen molar-refractivity contribution in [2.75, 3.05) is 20.2 Å². The van der Waals surface area contributed by atoms with E-state index >= 15 is 0 Å². The lowest BCUT2D eigenvalue weighted by molar-refractivity contribution is -0.120. The number of methoxy groups -OCH3 is 1. The van der Waals surface area contributed by atoms with E-state index in [0.717, 1.165) is 58.4 Å². The summed E-state index contributed by atoms with van der Waals surface area (Å²) in [6.45, 7) is 2.70. The molecule has 0 saturated carbocycles. The molecule has 0 bridgehead atoms. The van der Waals surface area contributed by atoms with Gasteiger partial charge in [0.2, 0.25) is 17.7 Å². The van der Waals surface area contributed by atoms with E-state index in [0.29, 0.717) is 49.1 Å². The van der Waals surface area contributed by atoms with Crippen LogP contribution in [-0.2, 0) is 29.7 Å². The highest BCUT2D eigenvalue weighted by Gasteiger charge is 2.22. The number of carbonyl (C=O) groups is 2. The molecular weight excluding hydrogens is 566 g/mol. The van der Waals surface area contributed by atoms with Crippen molar-refractivity contribution in [1.29, 1.82) is 0 Å². The second-order valence-corrected chi connectivity index (χ2v) is 11.6. The van der Waals surface area contributed by atoms with Gasteiger partial charge in [0.15, 0.2) is 0 Å². The predicted octanol–water partition coefficient (Wildman–Crippen LogP) is 3.70. The summed E-state index contributed by atoms with van der Waals surface area (Å²) in [5, 5.41) is 14.5. The fourth-order valence-corrected chi connectivity index (χ4v) is 6.22. The lowest BCUT2D eigenvalue weighted by Gasteiger charge is -2.14. The van der Waals surface area contributed by atoms with Crippen LogP contribution in [0.5, 0.6) is 5.88 Å². The minimum Gasteiger partial charge on any atom is -0.481 e. The summed E-state index contributed by atoms with van der Waals surface area (Å²) in [5.74, 6) is 0.768. The van der Waals surface area contributed by atoms with Gasteiger partial charge >= 0.3 is 0 Å². The molecule has 11 heteroatoms. The molecule has 224 valence electrons. The molecule has 1 aromatic carbocycles. The maximum absolute atomic E-state index is 11.5. The van der Waals surface area contributed by atoms with Crippen LogP contribution in [0, 0.1) is 0 Å². The topological polar surface area (TPSA) is 122 Å². The van der Waals surface area contributed by atoms with Crippen molar-refractivity contribution in [3.63, 3.8) is 0 Å². The van der Waals surface area contributed by atoms with Gasteiger partial charge in [0.1, 0.15) is 5.65 Å². The van der Waals surface area contributed by atoms with Crippen molar-refractivity contribution >= 4 is 34.4 Å². The van der Waals surface area contributed by atoms with Gasteiger partial charge in [0, 0.05) is 86.4 Å². The molecule has 4 N–H and O–H groups in total. The number of benzene rings is 1. The van der Waals surface area contributed by atoms with Gasteiger partial charge in [-0.2, -0.15) is 0 Å². The average Bonchev–Trinajstić information content (AvgIpc) is 3.71. The Hall–Kier alpha value is -3.99. The zero-order chi connectivity index (χ0) is 29.9. The van der Waals surface area contributed by atoms with Crippen molar-refractivity contribution < 1.29 is 14.3 Å². The summed E-state index contributed by atoms with van der Waals surface area (Å²) < 4.78 is 7.66. The van der Waals surface area contributed by atoms with E-state index in [1.807, 2.05) is 48.0 Å². The molecule has 3 aromatic heterocycles. The number of hydrogen-bond donors (Lipinski definition) is 4. The van der Waals surface area contributed by atoms with Crippen molar-refractivity contribution in [3.05, 3.63) is 64.8 Å². The predicted molar refractivity (Wildman–Crippen MR) is 167 cm³/mol. The summed E-state index contributed by atoms with van der Waals surface area (Å²) in [6.07, 6.45) is 5.00. The van der Waals surface area contributed by atoms with Crippen LogP contribution < -0.4 is 26.0 Å². The van der Waals surface area contributed by atoms with E-state index in [1.165, 1.54) is 0 Å². The van der Waals surface area contributed by atoms with Crippen molar-refractivity contribution in [1.82, 2.24) is 35.8 Å². The van der Waals surface area contributed by atoms with E-state index in [9.17, 15) is 9.59 Å². The number of hydrogen-bond acceptors (Lipinski definition) is 7. The van der Waals surface area contributed by atoms with E-state index in [4.69, 9.17) is 26.3 Å². The van der Waals surface area contributed by atoms with E-state index in [2.05, 4.69) is 33.5 Å². The molecule has 0 spiro atoms. The van der Waals surface area contributed by atoms with Crippen molar-refractivity contribution in [3.8, 4) is 28.4 Å². The number of nitrogens with zero attached hydrogens (tertiary/aromatic N) is 3. The highest BCUT2D eigenvalue weighted by Crippen LogP contribution is 2.37. The van der Waals surface area contributed by atoms with Crippen LogP contribution in [0.2, 0.25) is 5.02 Å². The number of ether oxygens (including phenoxy) is 1. The average molecular weight is 602 g/mol. The molecule has 0 aliphatic carbocycles. The quantitative estimate of drug-likeness (QED) is 0.207. The number of carbonyl (C=O) groups excluding carboxylic acids is 2. The Morgan fingerprint density at radius 1 is 0.884 bits per heavy atom. The first kappa shape index (κ1) is 29.1. The summed E-state index contributed by atoms with van der Waals surface area (Å²) in [4.78, 5) is 32.7. The van der Waals surface area contributed by atoms with Crippen molar-refractivity contribution in [2.45, 2.75) is 50.9 Å². The number of pyridine rings is 2. The second kappa shape index (κ2) is 12.7. The fourth-order valence-electron chi connectivity index (χ4n) is 5.90. The zero-order valence-electron chi connectivity index (χ0n) is 24.4. The Kier molecular flexibility index (Phi) is 8.60. The van der Waals surface area contributed by atoms with E-state index in [-0.39, 0.29) is 23.9 Å². The van der Waals surface area contributed by atoms with Gasteiger partial charge in [-0.15, -0.1) is 0 Å². The Morgan fingerprint density at radius 2 is 1.49 bits per heavy atom. The maximum atomic E-state index is 11.5. The van der Waals surface area contributed by atoms with Gasteiger partial charge in [-0.05, 0) is 36.6 Å². The highest BCUT2D eigenvalue weighted by molar-refractivity contribution is 6.36. The van der Waals surface area contributed by atoms with Gasteiger partial charge in [-0.3, -0.25) is 9.59 Å². The maximum Gasteiger partial charge on any atom is 0.220 e. The molecule has 43 heavy (non-hydrogen) atoms. The summed E-state index contributed by atoms with van der Waals surface area (Å²) in [7, 11) is 3.61. The first-order chi connectivity index (χ1) is 20.9. The first-order valence-corrected chi connectivity index (χ1v) is 15.1. The Morgan fingerprint density at radius 3 is 2.09 bits per heavy atom. The summed E-state index contributed by atoms with van der Waals surface area (Å²) in [5.41, 5.74) is 6.06. The number of halogens is 1. The third-order valence-corrected chi connectivity index (χ3v) is 8.58. The number of amides is 2. The number of aromatic nitrogens is 3. The number of fused-ring (bicyclic) bond motifs is 1. The van der Waals surface area contributed by atoms with Crippen LogP contribution in [0.15, 0.2) is 48.7 Å². The summed E-state index contributed by atoms with van der Waals surface area (Å²) >= 11 is 7.00. The third kappa shape index (κ3) is 6.36. The first-order valence-electron chi connectivity index (χ1n) is 14.7. The molecule has 4 aromatic rings. The lowest BCUT2D eigenvalue weighted by atomic mass is 10.0. The molecule has 2 fully saturated rings. The molecule has 0 radical (unpaired) electrons. The van der Waals surface area contributed by atoms with Crippen LogP contribution in [-0.4, -0.2) is 58.6 Å². The monoisotopic (exact) mass is 601 g/mol. The fraction of sp³-hybridized carbons (Fsp3) is 0.375. The van der Waals surface area contributed by atoms with Gasteiger partial charge in [0.05, 0.1) is 23.5 Å². The second-order valence-electron chi connectivity index (χ2n) is 11.2. The minimum absolute atomic E-state index is 0.110. The molecule has 2 amide bonds. The van der Waals surface area contributed by atoms with E-state index < -0.39 is 0 Å². The largest absolute Gasteiger partial charge is 0.481 e. The molecular formula is C32H36ClN7O3. The molecule has 2 aliphatic heterocycles. The Labute approximate surface area is 255 Å². The molecule has 2 atom stereocenters. The summed E-state index contributed by atoms with van der Waals surface area (Å²) in [6, 6.07) is 14.3. The molecule has 6 rings (SSSR count). The van der Waals surface area contributed by atoms with E-state index in [1.54, 1.807) is 7.11 Å². The number of aryl methyl sites for hydroxylation is 1. The van der Waals surface area contributed by atoms with Crippen LogP contribution in [0.1, 0.15) is 36.8 Å². The molecule has 2 saturated heterocycles. The molecule has 2 aliphatic rings. The molecule has 0 unspecified atom stereocenters. The molecule has 5 heterocycles. The lowest BCUT2D eigenvalue weighted by Crippen LogP contribution is -2.35. The van der Waals surface area contributed by atoms with Crippen LogP contribution in [0.4, 0.5) is 0 Å². The van der Waals surface area contributed by atoms with Crippen LogP contribution in [0.3, 0.4) is 0 Å². The SMILES string of the molecule is COc1nc(-c2cccc(-c3ccc4c(CNC[C@@H]5CCC(=O)N5)cn(C)c4n3)c2Cl)ccc1CNC[C@@H]1CCC(=O)N1. The van der Waals surface area contributed by atoms with Crippen molar-refractivity contribution in [2.24, 2.45) is 7.05 Å². The van der Waals surface area contributed by atoms with Gasteiger partial charge in [0.25, 0.3) is 0 Å². The Bertz CT molecular complexity index is 1670. The molecule has 10 nitrogen and oxygen atoms in total.